The molecule has 0 radical (unpaired) electrons. The standard InChI is InChI=1S/C22H30N4O2.HI/c1-4-23-22(25-13-12-18-11-10-17(2)20(16-18)28-3)26-15-14-24-21(27)19-8-6-5-7-9-19;/h5-11,16H,4,12-15H2,1-3H3,(H,24,27)(H2,23,25,26);1H. The van der Waals surface area contributed by atoms with Gasteiger partial charge in [0.1, 0.15) is 5.75 Å². The van der Waals surface area contributed by atoms with Crippen molar-refractivity contribution in [3.8, 4) is 5.75 Å². The first kappa shape index (κ1) is 24.7. The van der Waals surface area contributed by atoms with Gasteiger partial charge < -0.3 is 20.7 Å². The van der Waals surface area contributed by atoms with Crippen molar-refractivity contribution in [2.24, 2.45) is 4.99 Å². The first-order valence-corrected chi connectivity index (χ1v) is 9.63. The van der Waals surface area contributed by atoms with E-state index in [0.29, 0.717) is 25.2 Å². The number of nitrogens with one attached hydrogen (secondary N) is 3. The van der Waals surface area contributed by atoms with Gasteiger partial charge in [-0.15, -0.1) is 24.0 Å². The molecule has 0 aliphatic rings. The van der Waals surface area contributed by atoms with Crippen LogP contribution in [0.15, 0.2) is 53.5 Å². The van der Waals surface area contributed by atoms with Crippen LogP contribution in [0, 0.1) is 6.92 Å². The highest BCUT2D eigenvalue weighted by Gasteiger charge is 2.04. The Morgan fingerprint density at radius 1 is 1.03 bits per heavy atom. The second kappa shape index (κ2) is 13.8. The molecular formula is C22H31IN4O2. The van der Waals surface area contributed by atoms with Crippen molar-refractivity contribution in [3.05, 3.63) is 65.2 Å². The Kier molecular flexibility index (Phi) is 11.8. The zero-order chi connectivity index (χ0) is 20.2. The van der Waals surface area contributed by atoms with Crippen molar-refractivity contribution in [1.29, 1.82) is 0 Å². The van der Waals surface area contributed by atoms with Gasteiger partial charge in [0.2, 0.25) is 0 Å². The molecule has 0 aliphatic heterocycles. The van der Waals surface area contributed by atoms with E-state index in [0.717, 1.165) is 30.2 Å². The number of methoxy groups -OCH3 is 1. The summed E-state index contributed by atoms with van der Waals surface area (Å²) in [5, 5.41) is 9.36. The lowest BCUT2D eigenvalue weighted by atomic mass is 10.1. The summed E-state index contributed by atoms with van der Waals surface area (Å²) < 4.78 is 5.37. The van der Waals surface area contributed by atoms with Crippen LogP contribution in [0.25, 0.3) is 0 Å². The van der Waals surface area contributed by atoms with Crippen LogP contribution in [0.5, 0.6) is 5.75 Å². The highest BCUT2D eigenvalue weighted by atomic mass is 127. The summed E-state index contributed by atoms with van der Waals surface area (Å²) in [7, 11) is 1.69. The maximum absolute atomic E-state index is 12.0. The lowest BCUT2D eigenvalue weighted by Gasteiger charge is -2.12. The summed E-state index contributed by atoms with van der Waals surface area (Å²) in [6.45, 7) is 6.62. The third-order valence-electron chi connectivity index (χ3n) is 4.23. The van der Waals surface area contributed by atoms with Gasteiger partial charge in [0.25, 0.3) is 5.91 Å². The Labute approximate surface area is 190 Å². The first-order valence-electron chi connectivity index (χ1n) is 9.63. The number of benzene rings is 2. The Morgan fingerprint density at radius 3 is 2.45 bits per heavy atom. The summed E-state index contributed by atoms with van der Waals surface area (Å²) in [5.41, 5.74) is 2.98. The van der Waals surface area contributed by atoms with Gasteiger partial charge in [-0.05, 0) is 49.6 Å². The largest absolute Gasteiger partial charge is 0.496 e. The van der Waals surface area contributed by atoms with E-state index in [1.807, 2.05) is 32.0 Å². The van der Waals surface area contributed by atoms with Crippen LogP contribution in [-0.2, 0) is 6.42 Å². The second-order valence-corrected chi connectivity index (χ2v) is 6.36. The van der Waals surface area contributed by atoms with Gasteiger partial charge in [-0.2, -0.15) is 0 Å². The highest BCUT2D eigenvalue weighted by molar-refractivity contribution is 14.0. The van der Waals surface area contributed by atoms with E-state index in [2.05, 4.69) is 39.1 Å². The molecule has 0 aromatic heterocycles. The molecule has 0 bridgehead atoms. The van der Waals surface area contributed by atoms with Gasteiger partial charge in [0.05, 0.1) is 7.11 Å². The number of ether oxygens (including phenoxy) is 1. The van der Waals surface area contributed by atoms with Gasteiger partial charge in [-0.25, -0.2) is 0 Å². The number of rotatable bonds is 9. The summed E-state index contributed by atoms with van der Waals surface area (Å²) in [6.07, 6.45) is 0.831. The molecule has 0 fully saturated rings. The monoisotopic (exact) mass is 510 g/mol. The van der Waals surface area contributed by atoms with Gasteiger partial charge in [0, 0.05) is 31.7 Å². The molecule has 0 saturated heterocycles. The molecule has 0 atom stereocenters. The SMILES string of the molecule is CCNC(=NCCc1ccc(C)c(OC)c1)NCCNC(=O)c1ccccc1.I. The van der Waals surface area contributed by atoms with E-state index in [4.69, 9.17) is 4.74 Å². The van der Waals surface area contributed by atoms with Crippen LogP contribution in [0.4, 0.5) is 0 Å². The van der Waals surface area contributed by atoms with E-state index >= 15 is 0 Å². The van der Waals surface area contributed by atoms with Crippen LogP contribution in [-0.4, -0.2) is 45.2 Å². The van der Waals surface area contributed by atoms with E-state index < -0.39 is 0 Å². The summed E-state index contributed by atoms with van der Waals surface area (Å²) in [5.74, 6) is 1.58. The molecule has 0 saturated carbocycles. The molecule has 0 unspecified atom stereocenters. The van der Waals surface area contributed by atoms with Crippen molar-refractivity contribution in [3.63, 3.8) is 0 Å². The zero-order valence-corrected chi connectivity index (χ0v) is 19.7. The Bertz CT molecular complexity index is 782. The third kappa shape index (κ3) is 8.72. The average Bonchev–Trinajstić information content (AvgIpc) is 2.72. The Morgan fingerprint density at radius 2 is 1.76 bits per heavy atom. The molecule has 158 valence electrons. The fourth-order valence-electron chi connectivity index (χ4n) is 2.71. The third-order valence-corrected chi connectivity index (χ3v) is 4.23. The average molecular weight is 510 g/mol. The molecular weight excluding hydrogens is 479 g/mol. The molecule has 3 N–H and O–H groups in total. The van der Waals surface area contributed by atoms with Crippen molar-refractivity contribution in [1.82, 2.24) is 16.0 Å². The van der Waals surface area contributed by atoms with Crippen LogP contribution in [0.1, 0.15) is 28.4 Å². The minimum Gasteiger partial charge on any atom is -0.496 e. The van der Waals surface area contributed by atoms with Crippen molar-refractivity contribution >= 4 is 35.8 Å². The molecule has 0 heterocycles. The molecule has 0 aliphatic carbocycles. The number of carbonyl (C=O) groups is 1. The number of guanidine groups is 1. The molecule has 1 amide bonds. The van der Waals surface area contributed by atoms with Crippen LogP contribution < -0.4 is 20.7 Å². The van der Waals surface area contributed by atoms with Crippen LogP contribution in [0.3, 0.4) is 0 Å². The maximum Gasteiger partial charge on any atom is 0.251 e. The predicted molar refractivity (Wildman–Crippen MR) is 130 cm³/mol. The molecule has 6 nitrogen and oxygen atoms in total. The summed E-state index contributed by atoms with van der Waals surface area (Å²) >= 11 is 0. The number of amides is 1. The molecule has 0 spiro atoms. The van der Waals surface area contributed by atoms with Gasteiger partial charge in [-0.3, -0.25) is 9.79 Å². The smallest absolute Gasteiger partial charge is 0.251 e. The first-order chi connectivity index (χ1) is 13.6. The number of nitrogens with zero attached hydrogens (tertiary/aromatic N) is 1. The normalized spacial score (nSPS) is 10.7. The fraction of sp³-hybridized carbons (Fsp3) is 0.364. The van der Waals surface area contributed by atoms with Crippen LogP contribution >= 0.6 is 24.0 Å². The maximum atomic E-state index is 12.0. The molecule has 2 rings (SSSR count). The molecule has 29 heavy (non-hydrogen) atoms. The van der Waals surface area contributed by atoms with Crippen molar-refractivity contribution < 1.29 is 9.53 Å². The Balaban J connectivity index is 0.00000420. The van der Waals surface area contributed by atoms with Gasteiger partial charge >= 0.3 is 0 Å². The minimum absolute atomic E-state index is 0. The minimum atomic E-state index is -0.0716. The van der Waals surface area contributed by atoms with E-state index in [-0.39, 0.29) is 29.9 Å². The second-order valence-electron chi connectivity index (χ2n) is 6.36. The molecule has 2 aromatic rings. The van der Waals surface area contributed by atoms with Gasteiger partial charge in [0.15, 0.2) is 5.96 Å². The fourth-order valence-corrected chi connectivity index (χ4v) is 2.71. The zero-order valence-electron chi connectivity index (χ0n) is 17.3. The quantitative estimate of drug-likeness (QED) is 0.210. The highest BCUT2D eigenvalue weighted by Crippen LogP contribution is 2.19. The topological polar surface area (TPSA) is 74.8 Å². The Hall–Kier alpha value is -2.29. The summed E-state index contributed by atoms with van der Waals surface area (Å²) in [4.78, 5) is 16.6. The number of hydrogen-bond donors (Lipinski definition) is 3. The van der Waals surface area contributed by atoms with E-state index in [1.165, 1.54) is 5.56 Å². The lowest BCUT2D eigenvalue weighted by molar-refractivity contribution is 0.0954. The van der Waals surface area contributed by atoms with Gasteiger partial charge in [-0.1, -0.05) is 30.3 Å². The van der Waals surface area contributed by atoms with E-state index in [9.17, 15) is 4.79 Å². The van der Waals surface area contributed by atoms with Crippen molar-refractivity contribution in [2.75, 3.05) is 33.3 Å². The lowest BCUT2D eigenvalue weighted by Crippen LogP contribution is -2.41. The van der Waals surface area contributed by atoms with Crippen molar-refractivity contribution in [2.45, 2.75) is 20.3 Å². The van der Waals surface area contributed by atoms with Crippen LogP contribution in [0.2, 0.25) is 0 Å². The predicted octanol–water partition coefficient (Wildman–Crippen LogP) is 3.15. The van der Waals surface area contributed by atoms with E-state index in [1.54, 1.807) is 19.2 Å². The number of carbonyl (C=O) groups excluding carboxylic acids is 1. The number of aryl methyl sites for hydroxylation is 1. The number of hydrogen-bond acceptors (Lipinski definition) is 3. The summed E-state index contributed by atoms with van der Waals surface area (Å²) in [6, 6.07) is 15.4. The number of aliphatic imine (C=N–C) groups is 1. The molecule has 7 heteroatoms. The molecule has 2 aromatic carbocycles. The number of halogens is 1.